The maximum absolute atomic E-state index is 6.96. The van der Waals surface area contributed by atoms with Crippen LogP contribution < -0.4 is 0 Å². The highest BCUT2D eigenvalue weighted by molar-refractivity contribution is 6.44. The Hall–Kier alpha value is -6.52. The Morgan fingerprint density at radius 3 is 1.85 bits per heavy atom. The van der Waals surface area contributed by atoms with Gasteiger partial charge < -0.3 is 4.42 Å². The molecule has 0 saturated carbocycles. The summed E-state index contributed by atoms with van der Waals surface area (Å²) in [5.41, 5.74) is 6.73. The predicted octanol–water partition coefficient (Wildman–Crippen LogP) is 11.8. The molecule has 48 heavy (non-hydrogen) atoms. The lowest BCUT2D eigenvalue weighted by atomic mass is 9.89. The second kappa shape index (κ2) is 9.50. The van der Waals surface area contributed by atoms with E-state index in [1.807, 2.05) is 12.3 Å². The number of pyridine rings is 2. The number of hydrogen-bond donors (Lipinski definition) is 0. The fourth-order valence-electron chi connectivity index (χ4n) is 8.08. The zero-order valence-electron chi connectivity index (χ0n) is 25.7. The van der Waals surface area contributed by atoms with Gasteiger partial charge in [0.2, 0.25) is 0 Å². The summed E-state index contributed by atoms with van der Waals surface area (Å²) in [5.74, 6) is 0.803. The Kier molecular flexibility index (Phi) is 5.08. The van der Waals surface area contributed by atoms with Crippen LogP contribution in [0.3, 0.4) is 0 Å². The zero-order valence-corrected chi connectivity index (χ0v) is 25.7. The molecule has 0 amide bonds. The van der Waals surface area contributed by atoms with Crippen LogP contribution in [0.15, 0.2) is 156 Å². The topological polar surface area (TPSA) is 43.9 Å². The van der Waals surface area contributed by atoms with E-state index in [-0.39, 0.29) is 0 Å². The van der Waals surface area contributed by atoms with Crippen LogP contribution in [0.4, 0.5) is 0 Å². The molecule has 0 fully saturated rings. The molecular formula is C44H25N3O. The van der Waals surface area contributed by atoms with Gasteiger partial charge in [0, 0.05) is 43.9 Å². The molecule has 7 aromatic carbocycles. The fraction of sp³-hybridized carbons (Fsp3) is 0. The number of fused-ring (bicyclic) bond motifs is 16. The van der Waals surface area contributed by atoms with Gasteiger partial charge in [-0.05, 0) is 63.0 Å². The molecule has 0 bridgehead atoms. The zero-order chi connectivity index (χ0) is 31.3. The van der Waals surface area contributed by atoms with Crippen molar-refractivity contribution in [3.05, 3.63) is 152 Å². The molecule has 0 aliphatic carbocycles. The van der Waals surface area contributed by atoms with Crippen molar-refractivity contribution in [1.82, 2.24) is 14.5 Å². The van der Waals surface area contributed by atoms with Crippen LogP contribution in [0.1, 0.15) is 0 Å². The van der Waals surface area contributed by atoms with E-state index in [1.54, 1.807) is 0 Å². The summed E-state index contributed by atoms with van der Waals surface area (Å²) < 4.78 is 9.27. The Balaban J connectivity index is 1.45. The van der Waals surface area contributed by atoms with Crippen LogP contribution in [0.25, 0.3) is 104 Å². The lowest BCUT2D eigenvalue weighted by Crippen LogP contribution is -2.00. The van der Waals surface area contributed by atoms with E-state index in [0.717, 1.165) is 60.7 Å². The molecule has 222 valence electrons. The lowest BCUT2D eigenvalue weighted by molar-refractivity contribution is 0.671. The molecule has 11 aromatic rings. The molecule has 0 unspecified atom stereocenters. The minimum atomic E-state index is 0.706. The summed E-state index contributed by atoms with van der Waals surface area (Å²) in [7, 11) is 0. The molecule has 0 aliphatic heterocycles. The van der Waals surface area contributed by atoms with Crippen LogP contribution in [0, 0.1) is 0 Å². The van der Waals surface area contributed by atoms with Crippen molar-refractivity contribution in [2.24, 2.45) is 0 Å². The average Bonchev–Trinajstić information content (AvgIpc) is 3.71. The average molecular weight is 612 g/mol. The molecule has 0 aliphatic rings. The number of rotatable bonds is 2. The van der Waals surface area contributed by atoms with E-state index in [1.165, 1.54) is 37.7 Å². The number of hydrogen-bond acceptors (Lipinski definition) is 3. The molecule has 4 aromatic heterocycles. The largest absolute Gasteiger partial charge is 0.454 e. The Labute approximate surface area is 274 Å². The Bertz CT molecular complexity index is 3120. The third-order valence-corrected chi connectivity index (χ3v) is 10.0. The Morgan fingerprint density at radius 2 is 1.08 bits per heavy atom. The monoisotopic (exact) mass is 611 g/mol. The fourth-order valence-corrected chi connectivity index (χ4v) is 8.08. The quantitative estimate of drug-likeness (QED) is 0.183. The first kappa shape index (κ1) is 25.6. The SMILES string of the molecule is c1ccc(-c2cc(-n3c4ccccc4c4c5c6ccccc6c6ccccc6c5c5c6ccccc6oc5c43)nc3ncccc23)cc1. The van der Waals surface area contributed by atoms with Gasteiger partial charge in [0.15, 0.2) is 11.2 Å². The maximum atomic E-state index is 6.96. The van der Waals surface area contributed by atoms with E-state index >= 15 is 0 Å². The van der Waals surface area contributed by atoms with Crippen molar-refractivity contribution < 1.29 is 4.42 Å². The van der Waals surface area contributed by atoms with Gasteiger partial charge in [-0.1, -0.05) is 115 Å². The molecule has 4 nitrogen and oxygen atoms in total. The smallest absolute Gasteiger partial charge is 0.162 e. The second-order valence-electron chi connectivity index (χ2n) is 12.5. The molecule has 0 N–H and O–H groups in total. The number of nitrogens with zero attached hydrogens (tertiary/aromatic N) is 3. The minimum absolute atomic E-state index is 0.706. The third kappa shape index (κ3) is 3.33. The first-order chi connectivity index (χ1) is 23.8. The third-order valence-electron chi connectivity index (χ3n) is 10.0. The summed E-state index contributed by atoms with van der Waals surface area (Å²) in [5, 5.41) is 13.0. The van der Waals surface area contributed by atoms with Gasteiger partial charge in [-0.25, -0.2) is 9.97 Å². The first-order valence-corrected chi connectivity index (χ1v) is 16.3. The van der Waals surface area contributed by atoms with Crippen LogP contribution >= 0.6 is 0 Å². The molecule has 4 heterocycles. The van der Waals surface area contributed by atoms with Gasteiger partial charge in [0.1, 0.15) is 11.4 Å². The molecule has 0 spiro atoms. The van der Waals surface area contributed by atoms with Crippen molar-refractivity contribution in [3.63, 3.8) is 0 Å². The van der Waals surface area contributed by atoms with Gasteiger partial charge in [-0.2, -0.15) is 0 Å². The van der Waals surface area contributed by atoms with Crippen LogP contribution in [0.2, 0.25) is 0 Å². The van der Waals surface area contributed by atoms with Crippen molar-refractivity contribution in [2.75, 3.05) is 0 Å². The summed E-state index contributed by atoms with van der Waals surface area (Å²) in [6.45, 7) is 0. The first-order valence-electron chi connectivity index (χ1n) is 16.3. The normalized spacial score (nSPS) is 12.2. The van der Waals surface area contributed by atoms with Gasteiger partial charge in [0.05, 0.1) is 11.0 Å². The van der Waals surface area contributed by atoms with Crippen LogP contribution in [-0.2, 0) is 0 Å². The van der Waals surface area contributed by atoms with E-state index in [4.69, 9.17) is 14.4 Å². The van der Waals surface area contributed by atoms with Crippen molar-refractivity contribution in [1.29, 1.82) is 0 Å². The summed E-state index contributed by atoms with van der Waals surface area (Å²) in [6.07, 6.45) is 1.82. The number of aromatic nitrogens is 3. The summed E-state index contributed by atoms with van der Waals surface area (Å²) in [4.78, 5) is 10.0. The standard InChI is InChI=1S/C44H25N3O/c1-2-13-26(14-3-1)34-25-37(46-44-31(34)21-12-24-45-44)47-35-22-10-8-19-32(35)40-38-29-17-6-4-15-27(29)28-16-5-7-18-30(28)39(38)41-33-20-9-11-23-36(33)48-43(41)42(40)47/h1-25H. The van der Waals surface area contributed by atoms with Gasteiger partial charge in [-0.15, -0.1) is 0 Å². The highest BCUT2D eigenvalue weighted by atomic mass is 16.3. The highest BCUT2D eigenvalue weighted by Crippen LogP contribution is 2.50. The molecular weight excluding hydrogens is 587 g/mol. The lowest BCUT2D eigenvalue weighted by Gasteiger charge is -2.15. The highest BCUT2D eigenvalue weighted by Gasteiger charge is 2.26. The van der Waals surface area contributed by atoms with Crippen molar-refractivity contribution >= 4 is 87.1 Å². The van der Waals surface area contributed by atoms with Gasteiger partial charge in [-0.3, -0.25) is 4.57 Å². The molecule has 0 radical (unpaired) electrons. The van der Waals surface area contributed by atoms with Crippen LogP contribution in [-0.4, -0.2) is 14.5 Å². The maximum Gasteiger partial charge on any atom is 0.162 e. The number of para-hydroxylation sites is 2. The predicted molar refractivity (Wildman–Crippen MR) is 199 cm³/mol. The number of benzene rings is 7. The van der Waals surface area contributed by atoms with E-state index < -0.39 is 0 Å². The molecule has 0 saturated heterocycles. The van der Waals surface area contributed by atoms with Gasteiger partial charge >= 0.3 is 0 Å². The number of furan rings is 1. The molecule has 11 rings (SSSR count). The summed E-state index contributed by atoms with van der Waals surface area (Å²) in [6, 6.07) is 51.5. The van der Waals surface area contributed by atoms with Crippen LogP contribution in [0.5, 0.6) is 0 Å². The molecule has 0 atom stereocenters. The summed E-state index contributed by atoms with van der Waals surface area (Å²) >= 11 is 0. The minimum Gasteiger partial charge on any atom is -0.454 e. The van der Waals surface area contributed by atoms with E-state index in [0.29, 0.717) is 5.65 Å². The van der Waals surface area contributed by atoms with Crippen molar-refractivity contribution in [2.45, 2.75) is 0 Å². The Morgan fingerprint density at radius 1 is 0.479 bits per heavy atom. The van der Waals surface area contributed by atoms with Gasteiger partial charge in [0.25, 0.3) is 0 Å². The van der Waals surface area contributed by atoms with E-state index in [2.05, 4.69) is 144 Å². The van der Waals surface area contributed by atoms with Crippen molar-refractivity contribution in [3.8, 4) is 16.9 Å². The second-order valence-corrected chi connectivity index (χ2v) is 12.5. The van der Waals surface area contributed by atoms with E-state index in [9.17, 15) is 0 Å². The molecule has 4 heteroatoms.